The molecular formula is C23H34O3. The monoisotopic (exact) mass is 358 g/mol. The average molecular weight is 359 g/mol. The first-order valence-corrected chi connectivity index (χ1v) is 11.0. The average Bonchev–Trinajstić information content (AvgIpc) is 3.15. The lowest BCUT2D eigenvalue weighted by molar-refractivity contribution is -0.135. The van der Waals surface area contributed by atoms with Crippen molar-refractivity contribution in [2.75, 3.05) is 6.61 Å². The fraction of sp³-hybridized carbons (Fsp3) is 0.870. The number of hydrogen-bond acceptors (Lipinski definition) is 3. The standard InChI is InChI=1S/C23H34O3/c1-22-9-4-3-5-15(22)6-7-16-17(22)8-10-23(2)18(12-19(24)21(16)23)14-11-20(25)26-13-14/h11,15-19,21,24H,3-10,12-13H2,1-2H3/t15?,16-,17+,18-,19-,21+,22+,23-/m1/s1. The van der Waals surface area contributed by atoms with Crippen LogP contribution in [0.15, 0.2) is 11.6 Å². The Morgan fingerprint density at radius 2 is 1.92 bits per heavy atom. The maximum absolute atomic E-state index is 11.6. The predicted molar refractivity (Wildman–Crippen MR) is 100 cm³/mol. The van der Waals surface area contributed by atoms with Crippen LogP contribution >= 0.6 is 0 Å². The SMILES string of the molecule is C[C@]12CC[C@H]3[C@@H](CCC4CCCC[C@@]43C)[C@H]1[C@H](O)C[C@@H]2C1=CC(=O)OC1. The summed E-state index contributed by atoms with van der Waals surface area (Å²) in [7, 11) is 0. The number of carbonyl (C=O) groups is 1. The Bertz CT molecular complexity index is 639. The van der Waals surface area contributed by atoms with Crippen LogP contribution < -0.4 is 0 Å². The molecule has 5 rings (SSSR count). The molecule has 3 heteroatoms. The van der Waals surface area contributed by atoms with Crippen LogP contribution in [0, 0.1) is 40.4 Å². The molecule has 3 nitrogen and oxygen atoms in total. The van der Waals surface area contributed by atoms with Gasteiger partial charge < -0.3 is 9.84 Å². The highest BCUT2D eigenvalue weighted by Crippen LogP contribution is 2.68. The van der Waals surface area contributed by atoms with Gasteiger partial charge in [-0.1, -0.05) is 26.7 Å². The Kier molecular flexibility index (Phi) is 3.88. The van der Waals surface area contributed by atoms with Crippen LogP contribution in [0.4, 0.5) is 0 Å². The molecule has 1 N–H and O–H groups in total. The molecule has 4 saturated carbocycles. The second-order valence-electron chi connectivity index (χ2n) is 10.5. The smallest absolute Gasteiger partial charge is 0.331 e. The van der Waals surface area contributed by atoms with Crippen molar-refractivity contribution in [3.05, 3.63) is 11.6 Å². The first-order chi connectivity index (χ1) is 12.4. The fourth-order valence-electron chi connectivity index (χ4n) is 8.53. The lowest BCUT2D eigenvalue weighted by atomic mass is 9.44. The molecule has 26 heavy (non-hydrogen) atoms. The van der Waals surface area contributed by atoms with E-state index < -0.39 is 0 Å². The largest absolute Gasteiger partial charge is 0.458 e. The van der Waals surface area contributed by atoms with Crippen molar-refractivity contribution in [2.24, 2.45) is 40.4 Å². The molecule has 5 aliphatic rings. The normalized spacial score (nSPS) is 53.3. The summed E-state index contributed by atoms with van der Waals surface area (Å²) in [4.78, 5) is 11.6. The quantitative estimate of drug-likeness (QED) is 0.703. The van der Waals surface area contributed by atoms with Crippen LogP contribution in [0.1, 0.15) is 71.6 Å². The van der Waals surface area contributed by atoms with Gasteiger partial charge in [0, 0.05) is 6.08 Å². The third kappa shape index (κ3) is 2.25. The van der Waals surface area contributed by atoms with Gasteiger partial charge in [-0.2, -0.15) is 0 Å². The van der Waals surface area contributed by atoms with Crippen molar-refractivity contribution in [3.63, 3.8) is 0 Å². The molecule has 144 valence electrons. The van der Waals surface area contributed by atoms with Crippen LogP contribution in [-0.2, 0) is 9.53 Å². The van der Waals surface area contributed by atoms with Gasteiger partial charge in [0.15, 0.2) is 0 Å². The van der Waals surface area contributed by atoms with E-state index in [4.69, 9.17) is 4.74 Å². The van der Waals surface area contributed by atoms with Gasteiger partial charge in [0.25, 0.3) is 0 Å². The molecule has 0 saturated heterocycles. The highest BCUT2D eigenvalue weighted by molar-refractivity contribution is 5.85. The van der Waals surface area contributed by atoms with E-state index in [1.165, 1.54) is 51.4 Å². The summed E-state index contributed by atoms with van der Waals surface area (Å²) in [5.74, 6) is 2.93. The van der Waals surface area contributed by atoms with Gasteiger partial charge in [-0.3, -0.25) is 0 Å². The van der Waals surface area contributed by atoms with E-state index in [1.54, 1.807) is 6.08 Å². The summed E-state index contributed by atoms with van der Waals surface area (Å²) in [6, 6.07) is 0. The minimum Gasteiger partial charge on any atom is -0.458 e. The molecule has 1 unspecified atom stereocenters. The van der Waals surface area contributed by atoms with Crippen LogP contribution in [0.2, 0.25) is 0 Å². The minimum absolute atomic E-state index is 0.137. The zero-order chi connectivity index (χ0) is 18.1. The van der Waals surface area contributed by atoms with E-state index in [0.29, 0.717) is 29.8 Å². The highest BCUT2D eigenvalue weighted by Gasteiger charge is 2.62. The molecule has 0 bridgehead atoms. The van der Waals surface area contributed by atoms with Crippen LogP contribution in [0.3, 0.4) is 0 Å². The molecule has 1 aliphatic heterocycles. The number of rotatable bonds is 1. The van der Waals surface area contributed by atoms with Crippen molar-refractivity contribution < 1.29 is 14.6 Å². The Morgan fingerprint density at radius 1 is 1.08 bits per heavy atom. The van der Waals surface area contributed by atoms with E-state index in [1.807, 2.05) is 0 Å². The van der Waals surface area contributed by atoms with Gasteiger partial charge in [0.2, 0.25) is 0 Å². The van der Waals surface area contributed by atoms with E-state index in [2.05, 4.69) is 13.8 Å². The van der Waals surface area contributed by atoms with Gasteiger partial charge in [-0.05, 0) is 90.9 Å². The second-order valence-corrected chi connectivity index (χ2v) is 10.5. The Labute approximate surface area is 157 Å². The molecule has 1 heterocycles. The molecule has 8 atom stereocenters. The van der Waals surface area contributed by atoms with Crippen molar-refractivity contribution >= 4 is 5.97 Å². The van der Waals surface area contributed by atoms with Gasteiger partial charge in [0.1, 0.15) is 6.61 Å². The Balaban J connectivity index is 1.47. The third-order valence-corrected chi connectivity index (χ3v) is 9.70. The number of aliphatic hydroxyl groups is 1. The highest BCUT2D eigenvalue weighted by atomic mass is 16.5. The predicted octanol–water partition coefficient (Wildman–Crippen LogP) is 4.49. The summed E-state index contributed by atoms with van der Waals surface area (Å²) >= 11 is 0. The van der Waals surface area contributed by atoms with Crippen molar-refractivity contribution in [1.82, 2.24) is 0 Å². The lowest BCUT2D eigenvalue weighted by Gasteiger charge is -2.60. The zero-order valence-electron chi connectivity index (χ0n) is 16.4. The van der Waals surface area contributed by atoms with Crippen molar-refractivity contribution in [3.8, 4) is 0 Å². The Morgan fingerprint density at radius 3 is 2.69 bits per heavy atom. The molecule has 4 fully saturated rings. The first-order valence-electron chi connectivity index (χ1n) is 11.0. The molecule has 0 amide bonds. The van der Waals surface area contributed by atoms with Crippen LogP contribution in [0.25, 0.3) is 0 Å². The second kappa shape index (κ2) is 5.83. The summed E-state index contributed by atoms with van der Waals surface area (Å²) in [6.07, 6.45) is 13.2. The number of ether oxygens (including phenoxy) is 1. The van der Waals surface area contributed by atoms with E-state index >= 15 is 0 Å². The first kappa shape index (κ1) is 17.3. The molecule has 0 aromatic rings. The number of fused-ring (bicyclic) bond motifs is 5. The molecule has 0 spiro atoms. The molecule has 0 aromatic carbocycles. The third-order valence-electron chi connectivity index (χ3n) is 9.70. The van der Waals surface area contributed by atoms with Gasteiger partial charge in [0.05, 0.1) is 6.10 Å². The van der Waals surface area contributed by atoms with Gasteiger partial charge in [-0.15, -0.1) is 0 Å². The van der Waals surface area contributed by atoms with Crippen molar-refractivity contribution in [1.29, 1.82) is 0 Å². The molecule has 4 aliphatic carbocycles. The molecule has 0 aromatic heterocycles. The number of cyclic esters (lactones) is 1. The maximum Gasteiger partial charge on any atom is 0.331 e. The lowest BCUT2D eigenvalue weighted by Crippen LogP contribution is -2.54. The van der Waals surface area contributed by atoms with Crippen molar-refractivity contribution in [2.45, 2.75) is 77.7 Å². The van der Waals surface area contributed by atoms with Gasteiger partial charge in [-0.25, -0.2) is 4.79 Å². The maximum atomic E-state index is 11.6. The summed E-state index contributed by atoms with van der Waals surface area (Å²) in [5, 5.41) is 11.2. The number of hydrogen-bond donors (Lipinski definition) is 1. The van der Waals surface area contributed by atoms with E-state index in [9.17, 15) is 9.90 Å². The fourth-order valence-corrected chi connectivity index (χ4v) is 8.53. The number of aliphatic hydroxyl groups excluding tert-OH is 1. The van der Waals surface area contributed by atoms with E-state index in [-0.39, 0.29) is 17.5 Å². The molecule has 0 radical (unpaired) electrons. The summed E-state index contributed by atoms with van der Waals surface area (Å²) in [6.45, 7) is 5.45. The van der Waals surface area contributed by atoms with E-state index in [0.717, 1.165) is 23.8 Å². The number of esters is 1. The van der Waals surface area contributed by atoms with Gasteiger partial charge >= 0.3 is 5.97 Å². The molecular weight excluding hydrogens is 324 g/mol. The van der Waals surface area contributed by atoms with Crippen LogP contribution in [0.5, 0.6) is 0 Å². The zero-order valence-corrected chi connectivity index (χ0v) is 16.4. The minimum atomic E-state index is -0.210. The number of carbonyl (C=O) groups excluding carboxylic acids is 1. The topological polar surface area (TPSA) is 46.5 Å². The van der Waals surface area contributed by atoms with Crippen LogP contribution in [-0.4, -0.2) is 23.8 Å². The summed E-state index contributed by atoms with van der Waals surface area (Å²) < 4.78 is 5.22. The Hall–Kier alpha value is -0.830. The summed E-state index contributed by atoms with van der Waals surface area (Å²) in [5.41, 5.74) is 1.79.